The molecular weight excluding hydrogens is 406 g/mol. The molecule has 32 heavy (non-hydrogen) atoms. The van der Waals surface area contributed by atoms with E-state index < -0.39 is 23.8 Å². The maximum atomic E-state index is 13.2. The number of hydrogen-bond donors (Lipinski definition) is 0. The number of amides is 2. The third-order valence-corrected chi connectivity index (χ3v) is 8.08. The van der Waals surface area contributed by atoms with Crippen LogP contribution in [0.5, 0.6) is 0 Å². The molecule has 1 aromatic carbocycles. The number of esters is 1. The Hall–Kier alpha value is -2.50. The van der Waals surface area contributed by atoms with Gasteiger partial charge in [0.15, 0.2) is 12.4 Å². The molecule has 4 aliphatic carbocycles. The molecule has 170 valence electrons. The van der Waals surface area contributed by atoms with Crippen molar-refractivity contribution >= 4 is 23.6 Å². The number of rotatable bonds is 7. The van der Waals surface area contributed by atoms with Gasteiger partial charge in [-0.2, -0.15) is 0 Å². The predicted octanol–water partition coefficient (Wildman–Crippen LogP) is 4.03. The molecular formula is C26H31NO5. The standard InChI is InChI=1S/C26H31NO5/c1-15(2)7-21(27-23(29)19-5-3-4-6-20(19)24(27)30)25(31)32-14-22(28)26-11-16-8-17(12-26)10-18(9-16)13-26/h3-6,15-18,21H,7-14H2,1-2H3. The molecule has 4 bridgehead atoms. The van der Waals surface area contributed by atoms with E-state index in [4.69, 9.17) is 4.74 Å². The molecule has 1 aromatic rings. The summed E-state index contributed by atoms with van der Waals surface area (Å²) in [5.41, 5.74) is 0.283. The summed E-state index contributed by atoms with van der Waals surface area (Å²) in [5, 5.41) is 0. The lowest BCUT2D eigenvalue weighted by molar-refractivity contribution is -0.160. The van der Waals surface area contributed by atoms with E-state index in [0.29, 0.717) is 35.3 Å². The first kappa shape index (κ1) is 21.4. The first-order valence-corrected chi connectivity index (χ1v) is 11.9. The number of ether oxygens (including phenoxy) is 1. The summed E-state index contributed by atoms with van der Waals surface area (Å²) in [7, 11) is 0. The van der Waals surface area contributed by atoms with Gasteiger partial charge in [0, 0.05) is 5.41 Å². The molecule has 1 heterocycles. The van der Waals surface area contributed by atoms with Gasteiger partial charge in [0.05, 0.1) is 11.1 Å². The van der Waals surface area contributed by atoms with Crippen molar-refractivity contribution < 1.29 is 23.9 Å². The topological polar surface area (TPSA) is 80.8 Å². The number of ketones is 1. The molecule has 4 fully saturated rings. The predicted molar refractivity (Wildman–Crippen MR) is 117 cm³/mol. The summed E-state index contributed by atoms with van der Waals surface area (Å²) in [6, 6.07) is 5.58. The highest BCUT2D eigenvalue weighted by Gasteiger charge is 2.54. The van der Waals surface area contributed by atoms with Crippen LogP contribution in [0, 0.1) is 29.1 Å². The Morgan fingerprint density at radius 2 is 1.47 bits per heavy atom. The van der Waals surface area contributed by atoms with Crippen molar-refractivity contribution in [1.29, 1.82) is 0 Å². The molecule has 6 nitrogen and oxygen atoms in total. The third-order valence-electron chi connectivity index (χ3n) is 8.08. The minimum absolute atomic E-state index is 0.0237. The largest absolute Gasteiger partial charge is 0.456 e. The monoisotopic (exact) mass is 437 g/mol. The maximum Gasteiger partial charge on any atom is 0.329 e. The second kappa shape index (κ2) is 7.82. The van der Waals surface area contributed by atoms with Crippen LogP contribution in [0.1, 0.15) is 79.5 Å². The highest BCUT2D eigenvalue weighted by molar-refractivity contribution is 6.22. The third kappa shape index (κ3) is 3.48. The Kier molecular flexibility index (Phi) is 5.22. The summed E-state index contributed by atoms with van der Waals surface area (Å²) in [6.07, 6.45) is 6.78. The Balaban J connectivity index is 1.30. The second-order valence-corrected chi connectivity index (χ2v) is 10.9. The van der Waals surface area contributed by atoms with Gasteiger partial charge in [0.2, 0.25) is 0 Å². The van der Waals surface area contributed by atoms with Crippen LogP contribution in [-0.4, -0.2) is 41.1 Å². The van der Waals surface area contributed by atoms with Gasteiger partial charge in [-0.1, -0.05) is 26.0 Å². The molecule has 1 atom stereocenters. The lowest BCUT2D eigenvalue weighted by Gasteiger charge is -2.55. The Morgan fingerprint density at radius 3 is 1.94 bits per heavy atom. The van der Waals surface area contributed by atoms with Gasteiger partial charge in [-0.15, -0.1) is 0 Å². The zero-order chi connectivity index (χ0) is 22.6. The Labute approximate surface area is 188 Å². The molecule has 1 unspecified atom stereocenters. The Bertz CT molecular complexity index is 910. The number of carbonyl (C=O) groups is 4. The smallest absolute Gasteiger partial charge is 0.329 e. The van der Waals surface area contributed by atoms with Crippen molar-refractivity contribution in [2.45, 2.75) is 64.8 Å². The molecule has 6 heteroatoms. The van der Waals surface area contributed by atoms with Gasteiger partial charge in [-0.05, 0) is 80.8 Å². The zero-order valence-electron chi connectivity index (χ0n) is 18.8. The van der Waals surface area contributed by atoms with Crippen molar-refractivity contribution in [1.82, 2.24) is 4.90 Å². The van der Waals surface area contributed by atoms with Crippen molar-refractivity contribution in [3.8, 4) is 0 Å². The first-order chi connectivity index (χ1) is 15.3. The number of carbonyl (C=O) groups excluding carboxylic acids is 4. The molecule has 4 saturated carbocycles. The zero-order valence-corrected chi connectivity index (χ0v) is 18.8. The van der Waals surface area contributed by atoms with Crippen molar-refractivity contribution in [2.24, 2.45) is 29.1 Å². The quantitative estimate of drug-likeness (QED) is 0.475. The highest BCUT2D eigenvalue weighted by atomic mass is 16.5. The van der Waals surface area contributed by atoms with Crippen molar-refractivity contribution in [3.05, 3.63) is 35.4 Å². The van der Waals surface area contributed by atoms with Crippen molar-refractivity contribution in [2.75, 3.05) is 6.61 Å². The molecule has 1 aliphatic heterocycles. The molecule has 5 aliphatic rings. The average Bonchev–Trinajstić information content (AvgIpc) is 2.99. The molecule has 6 rings (SSSR count). The van der Waals surface area contributed by atoms with Gasteiger partial charge in [0.25, 0.3) is 11.8 Å². The van der Waals surface area contributed by atoms with E-state index in [1.54, 1.807) is 24.3 Å². The van der Waals surface area contributed by atoms with E-state index in [9.17, 15) is 19.2 Å². The van der Waals surface area contributed by atoms with Crippen LogP contribution in [0.4, 0.5) is 0 Å². The van der Waals surface area contributed by atoms with Crippen LogP contribution in [0.25, 0.3) is 0 Å². The van der Waals surface area contributed by atoms with E-state index in [1.807, 2.05) is 13.8 Å². The average molecular weight is 438 g/mol. The summed E-state index contributed by atoms with van der Waals surface area (Å²) in [6.45, 7) is 3.60. The fourth-order valence-corrected chi connectivity index (χ4v) is 7.08. The van der Waals surface area contributed by atoms with Crippen molar-refractivity contribution in [3.63, 3.8) is 0 Å². The summed E-state index contributed by atoms with van der Waals surface area (Å²) >= 11 is 0. The van der Waals surface area contributed by atoms with E-state index >= 15 is 0 Å². The minimum Gasteiger partial charge on any atom is -0.456 e. The number of imide groups is 1. The molecule has 2 amide bonds. The highest BCUT2D eigenvalue weighted by Crippen LogP contribution is 2.60. The van der Waals surface area contributed by atoms with Crippen LogP contribution in [-0.2, 0) is 14.3 Å². The fourth-order valence-electron chi connectivity index (χ4n) is 7.08. The first-order valence-electron chi connectivity index (χ1n) is 11.9. The number of benzene rings is 1. The summed E-state index contributed by atoms with van der Waals surface area (Å²) in [4.78, 5) is 53.3. The fraction of sp³-hybridized carbons (Fsp3) is 0.615. The molecule has 0 spiro atoms. The van der Waals surface area contributed by atoms with E-state index in [0.717, 1.165) is 24.2 Å². The van der Waals surface area contributed by atoms with E-state index in [-0.39, 0.29) is 23.7 Å². The van der Waals surface area contributed by atoms with E-state index in [1.165, 1.54) is 19.3 Å². The van der Waals surface area contributed by atoms with Crippen LogP contribution >= 0.6 is 0 Å². The van der Waals surface area contributed by atoms with E-state index in [2.05, 4.69) is 0 Å². The van der Waals surface area contributed by atoms with Gasteiger partial charge in [0.1, 0.15) is 6.04 Å². The van der Waals surface area contributed by atoms with Gasteiger partial charge < -0.3 is 4.74 Å². The number of nitrogens with zero attached hydrogens (tertiary/aromatic N) is 1. The van der Waals surface area contributed by atoms with Crippen LogP contribution < -0.4 is 0 Å². The molecule has 0 N–H and O–H groups in total. The summed E-state index contributed by atoms with van der Waals surface area (Å²) in [5.74, 6) is 0.382. The van der Waals surface area contributed by atoms with Gasteiger partial charge in [-0.25, -0.2) is 4.79 Å². The lowest BCUT2D eigenvalue weighted by atomic mass is 9.48. The van der Waals surface area contributed by atoms with Crippen LogP contribution in [0.3, 0.4) is 0 Å². The summed E-state index contributed by atoms with van der Waals surface area (Å²) < 4.78 is 5.53. The number of hydrogen-bond acceptors (Lipinski definition) is 5. The minimum atomic E-state index is -1.02. The molecule has 0 aromatic heterocycles. The van der Waals surface area contributed by atoms with Crippen LogP contribution in [0.2, 0.25) is 0 Å². The number of Topliss-reactive ketones (excluding diaryl/α,β-unsaturated/α-hetero) is 1. The normalized spacial score (nSPS) is 31.2. The lowest BCUT2D eigenvalue weighted by Crippen LogP contribution is -2.51. The van der Waals surface area contributed by atoms with Gasteiger partial charge >= 0.3 is 5.97 Å². The maximum absolute atomic E-state index is 13.2. The molecule has 0 radical (unpaired) electrons. The number of fused-ring (bicyclic) bond motifs is 1. The Morgan fingerprint density at radius 1 is 0.969 bits per heavy atom. The van der Waals surface area contributed by atoms with Gasteiger partial charge in [-0.3, -0.25) is 19.3 Å². The SMILES string of the molecule is CC(C)CC(C(=O)OCC(=O)C12CC3CC(CC(C3)C1)C2)N1C(=O)c2ccccc2C1=O. The molecule has 0 saturated heterocycles. The van der Waals surface area contributed by atoms with Crippen LogP contribution in [0.15, 0.2) is 24.3 Å². The second-order valence-electron chi connectivity index (χ2n) is 10.9.